The first-order valence-corrected chi connectivity index (χ1v) is 11.1. The molecule has 4 rings (SSSR count). The van der Waals surface area contributed by atoms with Crippen LogP contribution in [-0.4, -0.2) is 40.7 Å². The molecule has 2 aromatic carbocycles. The number of hydrogen-bond donors (Lipinski definition) is 2. The van der Waals surface area contributed by atoms with Gasteiger partial charge >= 0.3 is 0 Å². The zero-order valence-corrected chi connectivity index (χ0v) is 23.5. The van der Waals surface area contributed by atoms with Crippen LogP contribution in [0.5, 0.6) is 11.5 Å². The molecule has 0 aromatic heterocycles. The van der Waals surface area contributed by atoms with E-state index in [1.165, 1.54) is 0 Å². The third kappa shape index (κ3) is 5.42. The average Bonchev–Trinajstić information content (AvgIpc) is 3.25. The fraction of sp³-hybridized carbons (Fsp3) is 0.462. The van der Waals surface area contributed by atoms with Crippen LogP contribution in [0.2, 0.25) is 0 Å². The zero-order valence-electron chi connectivity index (χ0n) is 18.8. The molecule has 1 saturated carbocycles. The Kier molecular flexibility index (Phi) is 8.86. The van der Waals surface area contributed by atoms with Crippen LogP contribution in [0.4, 0.5) is 0 Å². The molecular weight excluding hydrogens is 617 g/mol. The van der Waals surface area contributed by atoms with E-state index >= 15 is 0 Å². The summed E-state index contributed by atoms with van der Waals surface area (Å²) in [5, 5.41) is 21.5. The van der Waals surface area contributed by atoms with E-state index in [4.69, 9.17) is 15.2 Å². The molecule has 169 valence electrons. The number of para-hydroxylation sites is 2. The number of aliphatic hydroxyl groups is 2. The van der Waals surface area contributed by atoms with Gasteiger partial charge in [-0.2, -0.15) is 6.54 Å². The Morgan fingerprint density at radius 3 is 2.66 bits per heavy atom. The molecule has 5 atom stereocenters. The number of benzene rings is 2. The Labute approximate surface area is 226 Å². The van der Waals surface area contributed by atoms with E-state index in [9.17, 15) is 10.2 Å². The normalized spacial score (nSPS) is 25.0. The van der Waals surface area contributed by atoms with Crippen LogP contribution in [0.15, 0.2) is 60.7 Å². The largest absolute Gasteiger partial charge is 0.677 e. The Bertz CT molecular complexity index is 917. The van der Waals surface area contributed by atoms with Crippen LogP contribution in [-0.2, 0) is 6.42 Å². The zero-order chi connectivity index (χ0) is 22.0. The van der Waals surface area contributed by atoms with Crippen LogP contribution < -0.4 is 9.47 Å². The predicted octanol–water partition coefficient (Wildman–Crippen LogP) is 4.67. The Balaban J connectivity index is 0.00000289. The second-order valence-electron chi connectivity index (χ2n) is 9.10. The molecule has 5 nitrogen and oxygen atoms in total. The molecule has 1 aliphatic carbocycles. The second-order valence-corrected chi connectivity index (χ2v) is 9.10. The maximum Gasteiger partial charge on any atom is 0.133 e. The molecule has 32 heavy (non-hydrogen) atoms. The molecule has 1 heterocycles. The van der Waals surface area contributed by atoms with Gasteiger partial charge < -0.3 is 25.4 Å². The quantitative estimate of drug-likeness (QED) is 0.408. The standard InChI is InChI=1S/C26H32NO4.Ac/c1-26(2,31-18-10-4-3-5-11-18)23(29)14-13-19-21(28)16-22-24(19)20-12-6-8-17(9-7-15-27)25(20)30-22;/h3-6,8,10-14,19,21-24,27-29H,7,9,15-16H2,1-2H3;/q-1;/b14-13+;/t19-,21+,22-,23+,24-;/m0./s1. The molecular formula is C26H32AcNO4-. The van der Waals surface area contributed by atoms with Crippen LogP contribution in [0.25, 0.3) is 5.73 Å². The third-order valence-corrected chi connectivity index (χ3v) is 6.46. The molecule has 0 amide bonds. The van der Waals surface area contributed by atoms with Crippen molar-refractivity contribution in [3.8, 4) is 11.5 Å². The van der Waals surface area contributed by atoms with Crippen LogP contribution >= 0.6 is 0 Å². The molecule has 2 aromatic rings. The number of ether oxygens (including phenoxy) is 2. The van der Waals surface area contributed by atoms with Crippen molar-refractivity contribution in [3.05, 3.63) is 77.5 Å². The Morgan fingerprint density at radius 2 is 1.94 bits per heavy atom. The minimum Gasteiger partial charge on any atom is -0.677 e. The van der Waals surface area contributed by atoms with Gasteiger partial charge in [-0.05, 0) is 38.0 Å². The van der Waals surface area contributed by atoms with E-state index in [2.05, 4.69) is 12.1 Å². The average molecular weight is 650 g/mol. The minimum atomic E-state index is -0.830. The molecule has 0 bridgehead atoms. The van der Waals surface area contributed by atoms with Crippen LogP contribution in [0.3, 0.4) is 0 Å². The molecule has 6 heteroatoms. The summed E-state index contributed by atoms with van der Waals surface area (Å²) in [6.45, 7) is 4.12. The van der Waals surface area contributed by atoms with Crippen molar-refractivity contribution in [3.63, 3.8) is 0 Å². The van der Waals surface area contributed by atoms with E-state index in [1.54, 1.807) is 6.08 Å². The molecule has 0 spiro atoms. The van der Waals surface area contributed by atoms with Crippen molar-refractivity contribution >= 4 is 0 Å². The smallest absolute Gasteiger partial charge is 0.133 e. The van der Waals surface area contributed by atoms with Crippen LogP contribution in [0.1, 0.15) is 43.7 Å². The van der Waals surface area contributed by atoms with Gasteiger partial charge in [-0.15, -0.1) is 0 Å². The van der Waals surface area contributed by atoms with E-state index < -0.39 is 17.8 Å². The van der Waals surface area contributed by atoms with E-state index in [1.807, 2.05) is 56.3 Å². The maximum atomic E-state index is 10.8. The molecule has 1 aliphatic heterocycles. The first kappa shape index (κ1) is 25.7. The van der Waals surface area contributed by atoms with Gasteiger partial charge in [0.25, 0.3) is 0 Å². The molecule has 3 N–H and O–H groups in total. The number of aryl methyl sites for hydroxylation is 1. The Morgan fingerprint density at radius 1 is 1.19 bits per heavy atom. The van der Waals surface area contributed by atoms with Gasteiger partial charge in [0.15, 0.2) is 0 Å². The van der Waals surface area contributed by atoms with E-state index in [-0.39, 0.29) is 62.0 Å². The summed E-state index contributed by atoms with van der Waals surface area (Å²) >= 11 is 0. The van der Waals surface area contributed by atoms with Gasteiger partial charge in [-0.1, -0.05) is 55.0 Å². The van der Waals surface area contributed by atoms with Crippen molar-refractivity contribution in [2.24, 2.45) is 5.92 Å². The van der Waals surface area contributed by atoms with Gasteiger partial charge in [-0.3, -0.25) is 0 Å². The fourth-order valence-electron chi connectivity index (χ4n) is 4.76. The van der Waals surface area contributed by atoms with Crippen molar-refractivity contribution in [2.75, 3.05) is 6.54 Å². The molecule has 0 unspecified atom stereocenters. The van der Waals surface area contributed by atoms with Crippen molar-refractivity contribution in [2.45, 2.75) is 62.9 Å². The number of nitrogens with one attached hydrogen (secondary N) is 1. The predicted molar refractivity (Wildman–Crippen MR) is 122 cm³/mol. The third-order valence-electron chi connectivity index (χ3n) is 6.46. The summed E-state index contributed by atoms with van der Waals surface area (Å²) in [4.78, 5) is 0. The summed E-state index contributed by atoms with van der Waals surface area (Å²) in [6, 6.07) is 15.7. The summed E-state index contributed by atoms with van der Waals surface area (Å²) in [5.74, 6) is 1.59. The van der Waals surface area contributed by atoms with Crippen molar-refractivity contribution in [1.29, 1.82) is 0 Å². The van der Waals surface area contributed by atoms with Crippen molar-refractivity contribution in [1.82, 2.24) is 0 Å². The number of rotatable bonds is 8. The number of fused-ring (bicyclic) bond motifs is 3. The van der Waals surface area contributed by atoms with Crippen LogP contribution in [0, 0.1) is 50.0 Å². The molecule has 2 aliphatic rings. The fourth-order valence-corrected chi connectivity index (χ4v) is 4.76. The number of aliphatic hydroxyl groups excluding tert-OH is 2. The van der Waals surface area contributed by atoms with E-state index in [0.717, 1.165) is 29.7 Å². The van der Waals surface area contributed by atoms with Gasteiger partial charge in [0.05, 0.1) is 6.10 Å². The van der Waals surface area contributed by atoms with E-state index in [0.29, 0.717) is 18.7 Å². The Hall–Kier alpha value is -0.898. The van der Waals surface area contributed by atoms with Gasteiger partial charge in [0.2, 0.25) is 0 Å². The minimum absolute atomic E-state index is 0. The monoisotopic (exact) mass is 649 g/mol. The van der Waals surface area contributed by atoms with Gasteiger partial charge in [-0.25, -0.2) is 0 Å². The summed E-state index contributed by atoms with van der Waals surface area (Å²) in [7, 11) is 0. The molecule has 0 saturated heterocycles. The SMILES string of the molecule is CC(C)(Oc1ccccc1)[C@H](O)/C=C/[C@@H]1[C@H]2c3cccc(CCC[NH-])c3O[C@H]2C[C@H]1O.[Ac]. The van der Waals surface area contributed by atoms with Crippen molar-refractivity contribution < 1.29 is 63.7 Å². The second kappa shape index (κ2) is 11.0. The molecule has 1 radical (unpaired) electrons. The maximum absolute atomic E-state index is 10.8. The van der Waals surface area contributed by atoms with Gasteiger partial charge in [0.1, 0.15) is 29.3 Å². The topological polar surface area (TPSA) is 82.7 Å². The van der Waals surface area contributed by atoms with Gasteiger partial charge in [0, 0.05) is 67.9 Å². The molecule has 1 fully saturated rings. The summed E-state index contributed by atoms with van der Waals surface area (Å²) in [5.41, 5.74) is 8.90. The summed E-state index contributed by atoms with van der Waals surface area (Å²) < 4.78 is 12.3. The first-order chi connectivity index (χ1) is 14.9. The summed E-state index contributed by atoms with van der Waals surface area (Å²) in [6.07, 6.45) is 4.51. The first-order valence-electron chi connectivity index (χ1n) is 11.1. The number of hydrogen-bond acceptors (Lipinski definition) is 4.